The molecule has 2 aromatic heterocycles. The molecule has 0 saturated carbocycles. The Morgan fingerprint density at radius 1 is 1.23 bits per heavy atom. The highest BCUT2D eigenvalue weighted by Gasteiger charge is 2.44. The molecule has 0 amide bonds. The molecule has 0 aliphatic carbocycles. The molecule has 6 atom stereocenters. The molecule has 4 aromatic rings. The lowest BCUT2D eigenvalue weighted by atomic mass is 10.0. The number of rotatable bonds is 13. The van der Waals surface area contributed by atoms with Crippen molar-refractivity contribution in [3.8, 4) is 5.75 Å². The number of halogens is 1. The number of fused-ring (bicyclic) bond motifs is 2. The molecule has 44 heavy (non-hydrogen) atoms. The minimum Gasteiger partial charge on any atom is -0.465 e. The van der Waals surface area contributed by atoms with Gasteiger partial charge < -0.3 is 24.8 Å². The van der Waals surface area contributed by atoms with Crippen LogP contribution in [-0.4, -0.2) is 62.1 Å². The monoisotopic (exact) mass is 646 g/mol. The third kappa shape index (κ3) is 6.98. The van der Waals surface area contributed by atoms with Crippen molar-refractivity contribution in [2.45, 2.75) is 64.5 Å². The molecule has 15 heteroatoms. The number of nitrogens with zero attached hydrogens (tertiary/aromatic N) is 4. The molecule has 1 aliphatic rings. The molecule has 0 radical (unpaired) electrons. The summed E-state index contributed by atoms with van der Waals surface area (Å²) in [7, 11) is -4.25. The topological polar surface area (TPSA) is 173 Å². The minimum atomic E-state index is -4.25. The summed E-state index contributed by atoms with van der Waals surface area (Å²) in [6, 6.07) is 11.7. The first-order valence-electron chi connectivity index (χ1n) is 14.5. The van der Waals surface area contributed by atoms with Gasteiger partial charge in [-0.1, -0.05) is 63.1 Å². The highest BCUT2D eigenvalue weighted by molar-refractivity contribution is 7.52. The van der Waals surface area contributed by atoms with E-state index < -0.39 is 44.1 Å². The molecule has 3 unspecified atom stereocenters. The first-order chi connectivity index (χ1) is 21.1. The number of nitrogen functional groups attached to an aromatic ring is 1. The maximum Gasteiger partial charge on any atom is 0.459 e. The number of hydrogen-bond acceptors (Lipinski definition) is 11. The lowest BCUT2D eigenvalue weighted by Crippen LogP contribution is -2.36. The van der Waals surface area contributed by atoms with Crippen LogP contribution in [0.2, 0.25) is 5.28 Å². The van der Waals surface area contributed by atoms with Crippen molar-refractivity contribution in [2.24, 2.45) is 5.92 Å². The van der Waals surface area contributed by atoms with Crippen LogP contribution in [0.4, 0.5) is 5.82 Å². The molecular weight excluding hydrogens is 611 g/mol. The van der Waals surface area contributed by atoms with Gasteiger partial charge in [-0.2, -0.15) is 15.1 Å². The highest BCUT2D eigenvalue weighted by atomic mass is 35.5. The Labute approximate surface area is 259 Å². The summed E-state index contributed by atoms with van der Waals surface area (Å²) >= 11 is 6.02. The zero-order valence-corrected chi connectivity index (χ0v) is 26.3. The van der Waals surface area contributed by atoms with Crippen LogP contribution in [0, 0.1) is 5.92 Å². The average molecular weight is 647 g/mol. The van der Waals surface area contributed by atoms with Gasteiger partial charge >= 0.3 is 13.7 Å². The summed E-state index contributed by atoms with van der Waals surface area (Å²) < 4.78 is 39.3. The number of carbonyl (C=O) groups is 1. The Balaban J connectivity index is 1.35. The molecule has 4 N–H and O–H groups in total. The van der Waals surface area contributed by atoms with Crippen LogP contribution in [0.25, 0.3) is 21.9 Å². The number of esters is 1. The first kappa shape index (κ1) is 32.1. The molecule has 0 bridgehead atoms. The number of benzene rings is 2. The van der Waals surface area contributed by atoms with Crippen LogP contribution in [0.5, 0.6) is 5.75 Å². The molecule has 3 heterocycles. The predicted molar refractivity (Wildman–Crippen MR) is 165 cm³/mol. The fourth-order valence-corrected chi connectivity index (χ4v) is 6.74. The largest absolute Gasteiger partial charge is 0.465 e. The van der Waals surface area contributed by atoms with E-state index in [1.165, 1.54) is 13.3 Å². The first-order valence-corrected chi connectivity index (χ1v) is 16.4. The van der Waals surface area contributed by atoms with Crippen LogP contribution in [0.3, 0.4) is 0 Å². The average Bonchev–Trinajstić information content (AvgIpc) is 3.54. The number of ether oxygens (including phenoxy) is 2. The number of aliphatic hydroxyl groups excluding tert-OH is 1. The summed E-state index contributed by atoms with van der Waals surface area (Å²) in [4.78, 5) is 25.1. The predicted octanol–water partition coefficient (Wildman–Crippen LogP) is 5.02. The van der Waals surface area contributed by atoms with Gasteiger partial charge in [0.1, 0.15) is 29.6 Å². The van der Waals surface area contributed by atoms with E-state index >= 15 is 0 Å². The molecule has 1 fully saturated rings. The fraction of sp³-hybridized carbons (Fsp3) is 0.448. The molecule has 236 valence electrons. The minimum absolute atomic E-state index is 0.0570. The number of carbonyl (C=O) groups excluding carboxylic acids is 1. The second-order valence-corrected chi connectivity index (χ2v) is 12.7. The van der Waals surface area contributed by atoms with E-state index in [9.17, 15) is 14.5 Å². The zero-order valence-electron chi connectivity index (χ0n) is 24.6. The van der Waals surface area contributed by atoms with Gasteiger partial charge in [0.25, 0.3) is 0 Å². The van der Waals surface area contributed by atoms with Crippen molar-refractivity contribution < 1.29 is 33.0 Å². The van der Waals surface area contributed by atoms with Crippen molar-refractivity contribution >= 4 is 53.1 Å². The van der Waals surface area contributed by atoms with Gasteiger partial charge in [0, 0.05) is 11.3 Å². The van der Waals surface area contributed by atoms with E-state index in [2.05, 4.69) is 27.0 Å². The number of nitrogens with one attached hydrogen (secondary N) is 1. The number of unbranched alkanes of at least 4 members (excludes halogenated alkanes) is 2. The van der Waals surface area contributed by atoms with Gasteiger partial charge in [0.15, 0.2) is 11.5 Å². The van der Waals surface area contributed by atoms with Crippen molar-refractivity contribution in [1.82, 2.24) is 24.6 Å². The van der Waals surface area contributed by atoms with Gasteiger partial charge in [-0.25, -0.2) is 9.55 Å². The quantitative estimate of drug-likeness (QED) is 0.0767. The number of aliphatic hydroxyl groups is 1. The van der Waals surface area contributed by atoms with E-state index in [4.69, 9.17) is 35.9 Å². The Hall–Kier alpha value is -3.32. The fourth-order valence-electron chi connectivity index (χ4n) is 5.05. The number of imidazole rings is 1. The van der Waals surface area contributed by atoms with Crippen molar-refractivity contribution in [1.29, 1.82) is 0 Å². The summed E-state index contributed by atoms with van der Waals surface area (Å²) in [5, 5.41) is 15.3. The van der Waals surface area contributed by atoms with E-state index in [1.54, 1.807) is 23.6 Å². The summed E-state index contributed by atoms with van der Waals surface area (Å²) in [5.74, 6) is -0.649. The molecule has 5 rings (SSSR count). The second-order valence-electron chi connectivity index (χ2n) is 10.7. The lowest BCUT2D eigenvalue weighted by molar-refractivity contribution is -0.145. The Bertz CT molecular complexity index is 1670. The molecular formula is C29H36ClN6O7P. The van der Waals surface area contributed by atoms with Crippen LogP contribution in [0.15, 0.2) is 48.8 Å². The SMILES string of the molecule is CCCCCOC(=O)[C@@H](C)NP(=O)(OC[C@H]1O[C@@H](n2cnc3c(N)nc(Cl)nc32)C(C)C1O)Oc1cccc2ccccc12. The third-order valence-corrected chi connectivity index (χ3v) is 9.25. The maximum absolute atomic E-state index is 14.3. The van der Waals surface area contributed by atoms with Crippen molar-refractivity contribution in [2.75, 3.05) is 18.9 Å². The lowest BCUT2D eigenvalue weighted by Gasteiger charge is -2.25. The van der Waals surface area contributed by atoms with Gasteiger partial charge in [-0.3, -0.25) is 13.9 Å². The summed E-state index contributed by atoms with van der Waals surface area (Å²) in [6.07, 6.45) is 1.43. The maximum atomic E-state index is 14.3. The molecule has 2 aromatic carbocycles. The van der Waals surface area contributed by atoms with Gasteiger partial charge in [-0.05, 0) is 36.4 Å². The molecule has 13 nitrogen and oxygen atoms in total. The van der Waals surface area contributed by atoms with Gasteiger partial charge in [0.2, 0.25) is 5.28 Å². The van der Waals surface area contributed by atoms with Gasteiger partial charge in [-0.15, -0.1) is 0 Å². The Morgan fingerprint density at radius 2 is 2.00 bits per heavy atom. The van der Waals surface area contributed by atoms with E-state index in [1.807, 2.05) is 30.3 Å². The zero-order chi connectivity index (χ0) is 31.4. The smallest absolute Gasteiger partial charge is 0.459 e. The summed E-state index contributed by atoms with van der Waals surface area (Å²) in [6.45, 7) is 5.27. The van der Waals surface area contributed by atoms with E-state index in [0.29, 0.717) is 22.3 Å². The molecule has 0 spiro atoms. The Morgan fingerprint density at radius 3 is 2.80 bits per heavy atom. The van der Waals surface area contributed by atoms with Gasteiger partial charge in [0.05, 0.1) is 25.6 Å². The molecule has 1 aliphatic heterocycles. The van der Waals surface area contributed by atoms with Crippen LogP contribution in [-0.2, 0) is 23.4 Å². The van der Waals surface area contributed by atoms with Crippen LogP contribution < -0.4 is 15.3 Å². The van der Waals surface area contributed by atoms with Crippen molar-refractivity contribution in [3.63, 3.8) is 0 Å². The Kier molecular flexibility index (Phi) is 10.0. The van der Waals surface area contributed by atoms with Crippen molar-refractivity contribution in [3.05, 3.63) is 54.1 Å². The third-order valence-electron chi connectivity index (χ3n) is 7.45. The normalized spacial score (nSPS) is 22.2. The number of nitrogens with two attached hydrogens (primary N) is 1. The number of anilines is 1. The standard InChI is InChI=1S/C29H36ClN6O7P/c1-4-5-8-14-40-28(38)18(3)35-44(39,43-21-13-9-11-19-10-6-7-12-20(19)21)41-15-22-24(37)17(2)27(42-22)36-16-32-23-25(31)33-29(30)34-26(23)36/h6-7,9-13,16-18,22,24,27,37H,4-5,8,14-15H2,1-3H3,(H,35,39)(H2,31,33,34)/t17?,18-,22-,24?,27-,44?/m1/s1. The van der Waals surface area contributed by atoms with Crippen LogP contribution in [0.1, 0.15) is 46.3 Å². The summed E-state index contributed by atoms with van der Waals surface area (Å²) in [5.41, 5.74) is 6.63. The second kappa shape index (κ2) is 13.8. The highest BCUT2D eigenvalue weighted by Crippen LogP contribution is 2.48. The number of aromatic nitrogens is 4. The molecule has 1 saturated heterocycles. The van der Waals surface area contributed by atoms with E-state index in [0.717, 1.165) is 24.6 Å². The van der Waals surface area contributed by atoms with Crippen LogP contribution >= 0.6 is 19.3 Å². The number of hydrogen-bond donors (Lipinski definition) is 3. The van der Waals surface area contributed by atoms with E-state index in [-0.39, 0.29) is 24.3 Å².